The van der Waals surface area contributed by atoms with Crippen molar-refractivity contribution in [3.63, 3.8) is 0 Å². The molecule has 0 radical (unpaired) electrons. The molecule has 2 fully saturated rings. The molecule has 1 aromatic heterocycles. The van der Waals surface area contributed by atoms with E-state index < -0.39 is 11.7 Å². The molecule has 0 atom stereocenters. The lowest BCUT2D eigenvalue weighted by atomic mass is 10.0. The molecule has 0 spiro atoms. The third-order valence-electron chi connectivity index (χ3n) is 7.75. The van der Waals surface area contributed by atoms with E-state index in [2.05, 4.69) is 4.90 Å². The van der Waals surface area contributed by atoms with Crippen LogP contribution in [-0.4, -0.2) is 48.7 Å². The first-order valence-electron chi connectivity index (χ1n) is 13.4. The number of methoxy groups -OCH3 is 1. The van der Waals surface area contributed by atoms with Crippen LogP contribution in [0.4, 0.5) is 18.9 Å². The Kier molecular flexibility index (Phi) is 6.95. The van der Waals surface area contributed by atoms with Crippen LogP contribution in [0.25, 0.3) is 11.0 Å². The van der Waals surface area contributed by atoms with Gasteiger partial charge in [0, 0.05) is 19.1 Å². The molecule has 2 saturated heterocycles. The number of ether oxygens (including phenoxy) is 3. The van der Waals surface area contributed by atoms with Crippen molar-refractivity contribution in [3.8, 4) is 11.5 Å². The fraction of sp³-hybridized carbons (Fsp3) is 0.367. The number of hydrogen-bond acceptors (Lipinski definition) is 5. The molecule has 0 aliphatic carbocycles. The number of fused-ring (bicyclic) bond motifs is 1. The minimum Gasteiger partial charge on any atom is -0.494 e. The van der Waals surface area contributed by atoms with Gasteiger partial charge in [0.2, 0.25) is 0 Å². The molecule has 7 nitrogen and oxygen atoms in total. The topological polar surface area (TPSA) is 57.9 Å². The van der Waals surface area contributed by atoms with E-state index in [9.17, 15) is 18.0 Å². The van der Waals surface area contributed by atoms with E-state index in [-0.39, 0.29) is 29.9 Å². The van der Waals surface area contributed by atoms with E-state index in [0.29, 0.717) is 55.9 Å². The first kappa shape index (κ1) is 26.3. The normalized spacial score (nSPS) is 16.8. The molecule has 10 heteroatoms. The summed E-state index contributed by atoms with van der Waals surface area (Å²) in [6.45, 7) is 2.35. The molecular formula is C30H30F3N3O4. The highest BCUT2D eigenvalue weighted by atomic mass is 19.4. The van der Waals surface area contributed by atoms with Crippen molar-refractivity contribution in [3.05, 3.63) is 88.3 Å². The maximum Gasteiger partial charge on any atom is 0.416 e. The highest BCUT2D eigenvalue weighted by Crippen LogP contribution is 2.37. The van der Waals surface area contributed by atoms with Gasteiger partial charge >= 0.3 is 11.9 Å². The summed E-state index contributed by atoms with van der Waals surface area (Å²) in [6, 6.07) is 18.6. The number of rotatable bonds is 7. The molecule has 3 heterocycles. The van der Waals surface area contributed by atoms with Crippen LogP contribution in [0.2, 0.25) is 0 Å². The van der Waals surface area contributed by atoms with E-state index in [1.165, 1.54) is 23.8 Å². The van der Waals surface area contributed by atoms with Crippen LogP contribution in [0.1, 0.15) is 30.0 Å². The molecule has 0 N–H and O–H groups in total. The minimum absolute atomic E-state index is 0.0327. The van der Waals surface area contributed by atoms with Crippen molar-refractivity contribution < 1.29 is 27.4 Å². The molecular weight excluding hydrogens is 523 g/mol. The first-order chi connectivity index (χ1) is 19.3. The summed E-state index contributed by atoms with van der Waals surface area (Å²) in [6.07, 6.45) is -3.09. The third kappa shape index (κ3) is 4.81. The van der Waals surface area contributed by atoms with E-state index >= 15 is 0 Å². The van der Waals surface area contributed by atoms with Gasteiger partial charge in [-0.25, -0.2) is 4.79 Å². The number of para-hydroxylation sites is 3. The van der Waals surface area contributed by atoms with Crippen LogP contribution in [0.15, 0.2) is 71.5 Å². The molecule has 0 unspecified atom stereocenters. The van der Waals surface area contributed by atoms with Crippen LogP contribution in [0, 0.1) is 0 Å². The Balaban J connectivity index is 1.32. The number of anilines is 1. The molecule has 0 saturated carbocycles. The Hall–Kier alpha value is -3.92. The van der Waals surface area contributed by atoms with Crippen molar-refractivity contribution in [1.29, 1.82) is 0 Å². The van der Waals surface area contributed by atoms with Gasteiger partial charge in [0.15, 0.2) is 0 Å². The van der Waals surface area contributed by atoms with Crippen LogP contribution >= 0.6 is 0 Å². The average Bonchev–Trinajstić information content (AvgIpc) is 3.22. The maximum absolute atomic E-state index is 13.9. The summed E-state index contributed by atoms with van der Waals surface area (Å²) in [5.74, 6) is 1.26. The lowest BCUT2D eigenvalue weighted by Gasteiger charge is -2.36. The second-order valence-corrected chi connectivity index (χ2v) is 10.2. The predicted molar refractivity (Wildman–Crippen MR) is 145 cm³/mol. The molecule has 4 aromatic rings. The number of piperidine rings is 1. The van der Waals surface area contributed by atoms with Gasteiger partial charge in [-0.2, -0.15) is 13.2 Å². The quantitative estimate of drug-likeness (QED) is 0.303. The van der Waals surface area contributed by atoms with Crippen LogP contribution in [-0.2, 0) is 17.5 Å². The molecule has 2 aliphatic rings. The number of imidazole rings is 1. The van der Waals surface area contributed by atoms with E-state index in [1.54, 1.807) is 22.8 Å². The summed E-state index contributed by atoms with van der Waals surface area (Å²) >= 11 is 0. The van der Waals surface area contributed by atoms with E-state index in [0.717, 1.165) is 17.5 Å². The number of nitrogens with zero attached hydrogens (tertiary/aromatic N) is 3. The smallest absolute Gasteiger partial charge is 0.416 e. The summed E-state index contributed by atoms with van der Waals surface area (Å²) < 4.78 is 61.4. The lowest BCUT2D eigenvalue weighted by molar-refractivity contribution is -0.138. The largest absolute Gasteiger partial charge is 0.494 e. The van der Waals surface area contributed by atoms with Gasteiger partial charge in [0.05, 0.1) is 43.6 Å². The SMILES string of the molecule is COc1cccc2c1n(Cc1ccccc1C(F)(F)F)c(=O)n2C1CCN(c2ccccc2OC2COC2)CC1. The number of benzene rings is 3. The Bertz CT molecular complexity index is 1570. The van der Waals surface area contributed by atoms with Gasteiger partial charge in [-0.3, -0.25) is 9.13 Å². The Labute approximate surface area is 229 Å². The van der Waals surface area contributed by atoms with Crippen molar-refractivity contribution in [1.82, 2.24) is 9.13 Å². The lowest BCUT2D eigenvalue weighted by Crippen LogP contribution is -2.40. The predicted octanol–water partition coefficient (Wildman–Crippen LogP) is 5.50. The maximum atomic E-state index is 13.9. The van der Waals surface area contributed by atoms with Crippen molar-refractivity contribution in [2.24, 2.45) is 0 Å². The minimum atomic E-state index is -4.53. The zero-order valence-corrected chi connectivity index (χ0v) is 22.1. The van der Waals surface area contributed by atoms with E-state index in [4.69, 9.17) is 14.2 Å². The monoisotopic (exact) mass is 553 g/mol. The van der Waals surface area contributed by atoms with Gasteiger partial charge in [-0.15, -0.1) is 0 Å². The van der Waals surface area contributed by atoms with Gasteiger partial charge in [0.25, 0.3) is 0 Å². The highest BCUT2D eigenvalue weighted by molar-refractivity contribution is 5.83. The fourth-order valence-corrected chi connectivity index (χ4v) is 5.72. The molecule has 40 heavy (non-hydrogen) atoms. The molecule has 0 bridgehead atoms. The van der Waals surface area contributed by atoms with Crippen LogP contribution in [0.5, 0.6) is 11.5 Å². The Morgan fingerprint density at radius 2 is 1.62 bits per heavy atom. The second-order valence-electron chi connectivity index (χ2n) is 10.2. The van der Waals surface area contributed by atoms with Gasteiger partial charge < -0.3 is 19.1 Å². The van der Waals surface area contributed by atoms with Crippen molar-refractivity contribution in [2.45, 2.75) is 37.7 Å². The molecule has 2 aliphatic heterocycles. The number of alkyl halides is 3. The average molecular weight is 554 g/mol. The first-order valence-corrected chi connectivity index (χ1v) is 13.4. The number of halogens is 3. The van der Waals surface area contributed by atoms with E-state index in [1.807, 2.05) is 30.3 Å². The Morgan fingerprint density at radius 1 is 0.925 bits per heavy atom. The third-order valence-corrected chi connectivity index (χ3v) is 7.75. The van der Waals surface area contributed by atoms with Gasteiger partial charge in [-0.1, -0.05) is 36.4 Å². The van der Waals surface area contributed by atoms with Gasteiger partial charge in [-0.05, 0) is 48.7 Å². The highest BCUT2D eigenvalue weighted by Gasteiger charge is 2.34. The summed E-state index contributed by atoms with van der Waals surface area (Å²) in [7, 11) is 1.50. The van der Waals surface area contributed by atoms with Crippen LogP contribution in [0.3, 0.4) is 0 Å². The Morgan fingerprint density at radius 3 is 2.33 bits per heavy atom. The molecule has 6 rings (SSSR count). The molecule has 0 amide bonds. The van der Waals surface area contributed by atoms with Gasteiger partial charge in [0.1, 0.15) is 23.1 Å². The standard InChI is InChI=1S/C30H30F3N3O4/c1-38-27-12-6-10-25-28(27)35(17-20-7-2-3-8-23(20)30(31,32)33)29(37)36(25)21-13-15-34(16-14-21)24-9-4-5-11-26(24)40-22-18-39-19-22/h2-12,21-22H,13-19H2,1H3. The number of aromatic nitrogens is 2. The van der Waals surface area contributed by atoms with Crippen molar-refractivity contribution >= 4 is 16.7 Å². The zero-order valence-electron chi connectivity index (χ0n) is 22.1. The molecule has 3 aromatic carbocycles. The zero-order chi connectivity index (χ0) is 27.9. The van der Waals surface area contributed by atoms with Crippen LogP contribution < -0.4 is 20.1 Å². The second kappa shape index (κ2) is 10.6. The fourth-order valence-electron chi connectivity index (χ4n) is 5.72. The molecule has 210 valence electrons. The summed E-state index contributed by atoms with van der Waals surface area (Å²) in [5.41, 5.74) is 1.10. The number of hydrogen-bond donors (Lipinski definition) is 0. The summed E-state index contributed by atoms with van der Waals surface area (Å²) in [5, 5.41) is 0. The summed E-state index contributed by atoms with van der Waals surface area (Å²) in [4.78, 5) is 16.2. The van der Waals surface area contributed by atoms with Crippen molar-refractivity contribution in [2.75, 3.05) is 38.3 Å².